The lowest BCUT2D eigenvalue weighted by Crippen LogP contribution is -2.57. The van der Waals surface area contributed by atoms with E-state index in [1.165, 1.54) is 0 Å². The minimum atomic E-state index is -0.796. The molecule has 1 atom stereocenters. The molecule has 0 saturated heterocycles. The summed E-state index contributed by atoms with van der Waals surface area (Å²) in [6.07, 6.45) is 0. The van der Waals surface area contributed by atoms with Gasteiger partial charge in [-0.3, -0.25) is 0 Å². The highest BCUT2D eigenvalue weighted by Crippen LogP contribution is 1.95. The summed E-state index contributed by atoms with van der Waals surface area (Å²) >= 11 is 0. The molecule has 0 N–H and O–H groups in total. The van der Waals surface area contributed by atoms with E-state index in [2.05, 4.69) is 66.4 Å². The van der Waals surface area contributed by atoms with Crippen LogP contribution in [0.5, 0.6) is 0 Å². The van der Waals surface area contributed by atoms with Crippen LogP contribution in [-0.4, -0.2) is 88.7 Å². The molecule has 0 bridgehead atoms. The normalized spacial score (nSPS) is 16.5. The lowest BCUT2D eigenvalue weighted by Gasteiger charge is -2.35. The van der Waals surface area contributed by atoms with Crippen molar-refractivity contribution in [2.24, 2.45) is 0 Å². The minimum absolute atomic E-state index is 0.166. The van der Waals surface area contributed by atoms with Crippen molar-refractivity contribution < 1.29 is 0 Å². The van der Waals surface area contributed by atoms with Crippen LogP contribution in [-0.2, 0) is 0 Å². The third kappa shape index (κ3) is 6.06. The average Bonchev–Trinajstić information content (AvgIpc) is 1.99. The quantitative estimate of drug-likeness (QED) is 0.497. The number of hydrogen-bond acceptors (Lipinski definition) is 4. The van der Waals surface area contributed by atoms with Gasteiger partial charge in [-0.1, -0.05) is 0 Å². The van der Waals surface area contributed by atoms with E-state index in [0.717, 1.165) is 0 Å². The number of rotatable bonds is 6. The second-order valence-electron chi connectivity index (χ2n) is 4.63. The van der Waals surface area contributed by atoms with Crippen molar-refractivity contribution in [3.8, 4) is 0 Å². The van der Waals surface area contributed by atoms with Gasteiger partial charge in [-0.2, -0.15) is 0 Å². The summed E-state index contributed by atoms with van der Waals surface area (Å²) in [7, 11) is 12.1. The maximum absolute atomic E-state index is 2.83. The Labute approximate surface area is 95.6 Å². The Kier molecular flexibility index (Phi) is 7.12. The fourth-order valence-corrected chi connectivity index (χ4v) is 12.0. The predicted molar refractivity (Wildman–Crippen MR) is 73.0 cm³/mol. The zero-order valence-corrected chi connectivity index (χ0v) is 14.8. The van der Waals surface area contributed by atoms with Gasteiger partial charge in [0.1, 0.15) is 0 Å². The molecule has 0 amide bonds. The van der Waals surface area contributed by atoms with Crippen molar-refractivity contribution in [2.45, 2.75) is 6.55 Å². The maximum Gasteiger partial charge on any atom is 0.174 e. The molecule has 4 nitrogen and oxygen atoms in total. The molecule has 0 aliphatic carbocycles. The van der Waals surface area contributed by atoms with Gasteiger partial charge in [0.15, 0.2) is 28.8 Å². The first-order chi connectivity index (χ1) is 6.34. The molecule has 0 aromatic heterocycles. The van der Waals surface area contributed by atoms with Crippen LogP contribution in [0.2, 0.25) is 6.55 Å². The van der Waals surface area contributed by atoms with E-state index in [0.29, 0.717) is 0 Å². The third-order valence-corrected chi connectivity index (χ3v) is 12.0. The molecule has 0 spiro atoms. The Morgan fingerprint density at radius 3 is 1.36 bits per heavy atom. The zero-order valence-electron chi connectivity index (χ0n) is 10.8. The summed E-state index contributed by atoms with van der Waals surface area (Å²) in [5, 5.41) is 0. The predicted octanol–water partition coefficient (Wildman–Crippen LogP) is -2.18. The summed E-state index contributed by atoms with van der Waals surface area (Å²) in [4.78, 5) is 0. The Bertz CT molecular complexity index is 144. The standard InChI is InChI=1S/C7H26N4Si3/c1-8(2)12-11(13-9(3)4)14(7)10(5)6/h14H,12-13H2,1-7H3. The molecule has 0 saturated carbocycles. The summed E-state index contributed by atoms with van der Waals surface area (Å²) < 4.78 is 10.1. The van der Waals surface area contributed by atoms with Gasteiger partial charge in [0, 0.05) is 0 Å². The monoisotopic (exact) mass is 250 g/mol. The SMILES string of the molecule is CN(C)[SiH2]N([SiH2]N(C)C)[SiH](C)N(C)C. The highest BCUT2D eigenvalue weighted by atomic mass is 28.4. The van der Waals surface area contributed by atoms with Crippen molar-refractivity contribution in [1.82, 2.24) is 17.6 Å². The van der Waals surface area contributed by atoms with Crippen molar-refractivity contribution in [3.05, 3.63) is 0 Å². The van der Waals surface area contributed by atoms with Gasteiger partial charge < -0.3 is 17.6 Å². The second kappa shape index (κ2) is 6.88. The van der Waals surface area contributed by atoms with Crippen molar-refractivity contribution >= 4 is 28.8 Å². The summed E-state index contributed by atoms with van der Waals surface area (Å²) in [6.45, 7) is 2.44. The highest BCUT2D eigenvalue weighted by Gasteiger charge is 2.19. The van der Waals surface area contributed by atoms with Crippen LogP contribution < -0.4 is 0 Å². The van der Waals surface area contributed by atoms with Gasteiger partial charge >= 0.3 is 0 Å². The molecule has 14 heavy (non-hydrogen) atoms. The van der Waals surface area contributed by atoms with E-state index in [4.69, 9.17) is 0 Å². The molecule has 0 aromatic carbocycles. The van der Waals surface area contributed by atoms with E-state index in [-0.39, 0.29) is 19.7 Å². The number of nitrogens with zero attached hydrogens (tertiary/aromatic N) is 4. The summed E-state index contributed by atoms with van der Waals surface area (Å²) in [5.41, 5.74) is 0. The first-order valence-electron chi connectivity index (χ1n) is 5.04. The number of hydrogen-bond donors (Lipinski definition) is 0. The molecule has 0 aliphatic heterocycles. The molecule has 0 heterocycles. The van der Waals surface area contributed by atoms with Gasteiger partial charge in [-0.05, 0) is 48.8 Å². The smallest absolute Gasteiger partial charge is 0.174 e. The lowest BCUT2D eigenvalue weighted by atomic mass is 11.3. The first kappa shape index (κ1) is 14.5. The fourth-order valence-electron chi connectivity index (χ4n) is 1.33. The van der Waals surface area contributed by atoms with Crippen LogP contribution in [0.3, 0.4) is 0 Å². The van der Waals surface area contributed by atoms with Gasteiger partial charge in [0.05, 0.1) is 0 Å². The first-order valence-corrected chi connectivity index (χ1v) is 9.76. The molecular formula is C7H26N4Si3. The lowest BCUT2D eigenvalue weighted by molar-refractivity contribution is 0.557. The summed E-state index contributed by atoms with van der Waals surface area (Å²) in [6, 6.07) is 0. The van der Waals surface area contributed by atoms with Gasteiger partial charge in [0.25, 0.3) is 0 Å². The van der Waals surface area contributed by atoms with Gasteiger partial charge in [0.2, 0.25) is 0 Å². The molecule has 7 heteroatoms. The molecule has 0 radical (unpaired) electrons. The van der Waals surface area contributed by atoms with Gasteiger partial charge in [-0.15, -0.1) is 0 Å². The molecule has 0 aromatic rings. The second-order valence-corrected chi connectivity index (χ2v) is 14.7. The Morgan fingerprint density at radius 1 is 0.786 bits per heavy atom. The average molecular weight is 251 g/mol. The molecule has 1 unspecified atom stereocenters. The van der Waals surface area contributed by atoms with E-state index < -0.39 is 9.12 Å². The maximum atomic E-state index is 2.83. The van der Waals surface area contributed by atoms with Crippen LogP contribution in [0, 0.1) is 0 Å². The van der Waals surface area contributed by atoms with Crippen LogP contribution in [0.1, 0.15) is 0 Å². The minimum Gasteiger partial charge on any atom is -0.344 e. The van der Waals surface area contributed by atoms with Crippen LogP contribution in [0.25, 0.3) is 0 Å². The highest BCUT2D eigenvalue weighted by molar-refractivity contribution is 6.71. The van der Waals surface area contributed by atoms with Crippen LogP contribution in [0.4, 0.5) is 0 Å². The molecule has 0 aliphatic rings. The van der Waals surface area contributed by atoms with Crippen LogP contribution in [0.15, 0.2) is 0 Å². The molecule has 0 rings (SSSR count). The van der Waals surface area contributed by atoms with Crippen molar-refractivity contribution in [2.75, 3.05) is 42.3 Å². The van der Waals surface area contributed by atoms with Gasteiger partial charge in [-0.25, -0.2) is 0 Å². The topological polar surface area (TPSA) is 13.0 Å². The molecule has 0 fully saturated rings. The molecular weight excluding hydrogens is 224 g/mol. The Morgan fingerprint density at radius 2 is 1.14 bits per heavy atom. The Balaban J connectivity index is 4.22. The zero-order chi connectivity index (χ0) is 11.3. The van der Waals surface area contributed by atoms with E-state index in [1.807, 2.05) is 0 Å². The van der Waals surface area contributed by atoms with Crippen molar-refractivity contribution in [3.63, 3.8) is 0 Å². The summed E-state index contributed by atoms with van der Waals surface area (Å²) in [5.74, 6) is 0. The molecule has 86 valence electrons. The van der Waals surface area contributed by atoms with E-state index in [1.54, 1.807) is 0 Å². The van der Waals surface area contributed by atoms with E-state index in [9.17, 15) is 0 Å². The Hall–Kier alpha value is 0.491. The van der Waals surface area contributed by atoms with Crippen LogP contribution >= 0.6 is 0 Å². The fraction of sp³-hybridized carbons (Fsp3) is 1.00. The largest absolute Gasteiger partial charge is 0.344 e. The third-order valence-electron chi connectivity index (χ3n) is 2.20. The van der Waals surface area contributed by atoms with E-state index >= 15 is 0 Å². The van der Waals surface area contributed by atoms with Crippen molar-refractivity contribution in [1.29, 1.82) is 0 Å².